The van der Waals surface area contributed by atoms with Crippen molar-refractivity contribution in [2.45, 2.75) is 139 Å². The number of phenolic OH excluding ortho intramolecular Hbond substituents is 1. The first-order chi connectivity index (χ1) is 38.4. The Morgan fingerprint density at radius 2 is 1.65 bits per heavy atom. The van der Waals surface area contributed by atoms with Gasteiger partial charge in [0.1, 0.15) is 5.82 Å². The number of allylic oxidation sites excluding steroid dienone is 2. The number of benzene rings is 4. The maximum atomic E-state index is 15.4. The van der Waals surface area contributed by atoms with Gasteiger partial charge in [-0.2, -0.15) is 0 Å². The minimum atomic E-state index is -1.84. The van der Waals surface area contributed by atoms with Crippen LogP contribution in [0.2, 0.25) is 0 Å². The number of aromatic hydroxyl groups is 1. The number of aromatic nitrogens is 1. The topological polar surface area (TPSA) is 176 Å². The summed E-state index contributed by atoms with van der Waals surface area (Å²) in [5.41, 5.74) is 7.03. The minimum absolute atomic E-state index is 0.00956. The van der Waals surface area contributed by atoms with E-state index in [0.717, 1.165) is 119 Å². The summed E-state index contributed by atoms with van der Waals surface area (Å²) in [6.07, 6.45) is 13.2. The van der Waals surface area contributed by atoms with Crippen LogP contribution in [0.4, 0.5) is 5.69 Å². The normalized spacial score (nSPS) is 30.8. The quantitative estimate of drug-likeness (QED) is 0.0628. The number of ether oxygens (including phenoxy) is 1. The second kappa shape index (κ2) is 24.0. The highest BCUT2D eigenvalue weighted by molar-refractivity contribution is 6.06. The summed E-state index contributed by atoms with van der Waals surface area (Å²) in [6.45, 7) is 3.93. The van der Waals surface area contributed by atoms with Crippen LogP contribution < -0.4 is 20.7 Å². The zero-order valence-electron chi connectivity index (χ0n) is 45.9. The monoisotopic (exact) mass is 1060 g/mol. The molecule has 2 fully saturated rings. The fourth-order valence-electron chi connectivity index (χ4n) is 14.6. The number of dihydropyridines is 1. The SMILES string of the molecule is COc1cc2c(cc1O)C(c1ccccc1)C#CC1CC3CC4=CCNC(=C4)Nc4ccc5ccc(cc5c4)CC(O)CNCC(C)c4c[nH]c(c4)C45CCCCC4C#CCCCCC(C(C3)CC1C(=O)C(O)C(=O)CC2)C5O. The van der Waals surface area contributed by atoms with Crippen molar-refractivity contribution in [3.63, 3.8) is 0 Å². The number of Topliss-reactive ketones (excluding diaryl/α,β-unsaturated/α-hetero) is 2. The van der Waals surface area contributed by atoms with Gasteiger partial charge < -0.3 is 46.1 Å². The lowest BCUT2D eigenvalue weighted by Crippen LogP contribution is -2.53. The van der Waals surface area contributed by atoms with Crippen LogP contribution in [0.15, 0.2) is 115 Å². The molecule has 12 atom stereocenters. The summed E-state index contributed by atoms with van der Waals surface area (Å²) in [7, 11) is 1.49. The van der Waals surface area contributed by atoms with Crippen molar-refractivity contribution in [3.8, 4) is 35.2 Å². The van der Waals surface area contributed by atoms with Crippen LogP contribution in [0.25, 0.3) is 10.8 Å². The molecular formula is C68H78N4O7. The third kappa shape index (κ3) is 11.7. The van der Waals surface area contributed by atoms with Crippen LogP contribution in [0.1, 0.15) is 136 Å². The number of aliphatic hydroxyl groups excluding tert-OH is 3. The molecule has 0 amide bonds. The molecule has 3 heterocycles. The fourth-order valence-corrected chi connectivity index (χ4v) is 14.6. The average Bonchev–Trinajstić information content (AvgIpc) is 4.06. The molecule has 412 valence electrons. The third-order valence-electron chi connectivity index (χ3n) is 18.8. The lowest BCUT2D eigenvalue weighted by atomic mass is 9.56. The Bertz CT molecular complexity index is 3230. The van der Waals surface area contributed by atoms with E-state index in [2.05, 4.69) is 112 Å². The first kappa shape index (κ1) is 54.4. The van der Waals surface area contributed by atoms with Crippen LogP contribution in [0, 0.1) is 59.2 Å². The summed E-state index contributed by atoms with van der Waals surface area (Å²) >= 11 is 0. The van der Waals surface area contributed by atoms with Crippen LogP contribution in [-0.2, 0) is 27.8 Å². The molecule has 0 saturated heterocycles. The molecule has 2 aliphatic heterocycles. The van der Waals surface area contributed by atoms with Crippen molar-refractivity contribution in [3.05, 3.63) is 148 Å². The number of methoxy groups -OCH3 is 1. The van der Waals surface area contributed by atoms with Crippen LogP contribution in [0.5, 0.6) is 11.5 Å². The first-order valence-electron chi connectivity index (χ1n) is 29.3. The lowest BCUT2D eigenvalue weighted by Gasteiger charge is -2.49. The van der Waals surface area contributed by atoms with Gasteiger partial charge in [-0.05, 0) is 168 Å². The van der Waals surface area contributed by atoms with Gasteiger partial charge in [0.05, 0.1) is 30.7 Å². The molecule has 11 nitrogen and oxygen atoms in total. The van der Waals surface area contributed by atoms with Crippen molar-refractivity contribution in [1.82, 2.24) is 15.6 Å². The number of H-pyrrole nitrogens is 1. The number of phenols is 1. The van der Waals surface area contributed by atoms with E-state index in [4.69, 9.17) is 4.74 Å². The molecular weight excluding hydrogens is 985 g/mol. The van der Waals surface area contributed by atoms with Crippen molar-refractivity contribution in [1.29, 1.82) is 0 Å². The highest BCUT2D eigenvalue weighted by Gasteiger charge is 2.53. The summed E-state index contributed by atoms with van der Waals surface area (Å²) in [5, 5.41) is 61.6. The molecule has 5 aromatic rings. The lowest BCUT2D eigenvalue weighted by molar-refractivity contribution is -0.142. The molecule has 11 bridgehead atoms. The van der Waals surface area contributed by atoms with E-state index in [-0.39, 0.29) is 53.9 Å². The minimum Gasteiger partial charge on any atom is -0.504 e. The van der Waals surface area contributed by atoms with Gasteiger partial charge in [0, 0.05) is 67.8 Å². The number of hydrogen-bond acceptors (Lipinski definition) is 10. The molecule has 11 rings (SSSR count). The van der Waals surface area contributed by atoms with E-state index < -0.39 is 53.0 Å². The molecule has 1 spiro atoms. The summed E-state index contributed by atoms with van der Waals surface area (Å²) in [5.74, 6) is 12.7. The van der Waals surface area contributed by atoms with Crippen LogP contribution >= 0.6 is 0 Å². The van der Waals surface area contributed by atoms with E-state index >= 15 is 4.79 Å². The third-order valence-corrected chi connectivity index (χ3v) is 18.8. The van der Waals surface area contributed by atoms with E-state index in [1.807, 2.05) is 30.3 Å². The highest BCUT2D eigenvalue weighted by atomic mass is 16.5. The molecule has 1 aromatic heterocycles. The first-order valence-corrected chi connectivity index (χ1v) is 29.3. The molecule has 11 heteroatoms. The highest BCUT2D eigenvalue weighted by Crippen LogP contribution is 2.53. The Balaban J connectivity index is 1.05. The van der Waals surface area contributed by atoms with Crippen LogP contribution in [-0.4, -0.2) is 82.0 Å². The summed E-state index contributed by atoms with van der Waals surface area (Å²) in [6, 6.07) is 28.5. The number of carbonyl (C=O) groups excluding carboxylic acids is 2. The second-order valence-electron chi connectivity index (χ2n) is 23.9. The molecule has 4 aliphatic carbocycles. The summed E-state index contributed by atoms with van der Waals surface area (Å²) < 4.78 is 5.56. The second-order valence-corrected chi connectivity index (χ2v) is 23.9. The molecule has 4 aromatic carbocycles. The van der Waals surface area contributed by atoms with Gasteiger partial charge in [0.15, 0.2) is 29.2 Å². The molecule has 0 radical (unpaired) electrons. The number of aryl methyl sites for hydroxylation is 1. The number of aromatic amines is 1. The Kier molecular flexibility index (Phi) is 16.5. The van der Waals surface area contributed by atoms with Crippen molar-refractivity contribution < 1.29 is 34.8 Å². The Morgan fingerprint density at radius 3 is 2.51 bits per heavy atom. The van der Waals surface area contributed by atoms with Gasteiger partial charge in [-0.1, -0.05) is 105 Å². The Labute approximate surface area is 466 Å². The van der Waals surface area contributed by atoms with E-state index in [1.165, 1.54) is 7.11 Å². The molecule has 8 N–H and O–H groups in total. The Morgan fingerprint density at radius 1 is 0.797 bits per heavy atom. The van der Waals surface area contributed by atoms with E-state index in [1.54, 1.807) is 12.1 Å². The number of rotatable bonds is 2. The maximum absolute atomic E-state index is 15.4. The number of fused-ring (bicyclic) bond motifs is 11. The fraction of sp³-hybridized carbons (Fsp3) is 0.471. The van der Waals surface area contributed by atoms with Crippen molar-refractivity contribution in [2.24, 2.45) is 35.5 Å². The molecule has 2 saturated carbocycles. The zero-order chi connectivity index (χ0) is 54.6. The van der Waals surface area contributed by atoms with Gasteiger partial charge in [-0.25, -0.2) is 0 Å². The average molecular weight is 1060 g/mol. The van der Waals surface area contributed by atoms with Gasteiger partial charge in [-0.15, -0.1) is 5.92 Å². The number of carbonyl (C=O) groups is 2. The number of β-amino-alcohol motifs (C(OH)–C–C–N with tert-alkyl or cyclic N) is 1. The smallest absolute Gasteiger partial charge is 0.173 e. The number of ketones is 2. The standard InChI is InChI=1S/C68H78N4O7/c1-42-39-69-41-55(73)32-43-17-18-46-19-22-54(34-50(46)29-43)72-64-33-44(25-27-70-64)28-45-30-48-20-23-56(47-12-6-5-7-13-47)58-38-61(75)62(79-2)36-49(58)21-24-60(74)66(77)65(76)59(48)35-51(31-45)57-16-9-4-3-8-14-53-15-10-11-26-68(53,67(57)78)63-37-52(42)40-71-63/h5-7,12-13,17-19,22,25,29,33-34,36-38,40,42,45,48,51,53,55-57,59,66-67,69-73,75,77-78H,3-4,9-11,15-16,21,24,26-28,30-32,35,39,41H2,1-2H3. The van der Waals surface area contributed by atoms with Crippen LogP contribution in [0.3, 0.4) is 0 Å². The van der Waals surface area contributed by atoms with Gasteiger partial charge >= 0.3 is 0 Å². The maximum Gasteiger partial charge on any atom is 0.173 e. The number of hydrogen-bond donors (Lipinski definition) is 8. The predicted octanol–water partition coefficient (Wildman–Crippen LogP) is 10.3. The summed E-state index contributed by atoms with van der Waals surface area (Å²) in [4.78, 5) is 33.5. The van der Waals surface area contributed by atoms with Gasteiger partial charge in [0.25, 0.3) is 0 Å². The van der Waals surface area contributed by atoms with Gasteiger partial charge in [0.2, 0.25) is 0 Å². The largest absolute Gasteiger partial charge is 0.504 e. The molecule has 12 unspecified atom stereocenters. The predicted molar refractivity (Wildman–Crippen MR) is 310 cm³/mol. The molecule has 79 heavy (non-hydrogen) atoms. The Hall–Kier alpha value is -6.60. The zero-order valence-corrected chi connectivity index (χ0v) is 45.9. The van der Waals surface area contributed by atoms with E-state index in [9.17, 15) is 25.2 Å². The number of anilines is 1. The number of nitrogens with one attached hydrogen (secondary N) is 4. The van der Waals surface area contributed by atoms with Gasteiger partial charge in [-0.3, -0.25) is 9.59 Å². The molecule has 6 aliphatic rings. The van der Waals surface area contributed by atoms with Crippen molar-refractivity contribution in [2.75, 3.05) is 32.1 Å². The van der Waals surface area contributed by atoms with E-state index in [0.29, 0.717) is 45.3 Å². The van der Waals surface area contributed by atoms with Crippen molar-refractivity contribution >= 4 is 28.0 Å². The number of aliphatic hydroxyl groups is 3.